The molecular formula is C4H4BrN3O2. The Balaban J connectivity index is 3.23. The first-order valence-electron chi connectivity index (χ1n) is 2.44. The molecule has 0 amide bonds. The molecular weight excluding hydrogens is 202 g/mol. The molecule has 0 radical (unpaired) electrons. The third-order valence-electron chi connectivity index (χ3n) is 1.04. The van der Waals surface area contributed by atoms with Crippen LogP contribution in [-0.4, -0.2) is 14.5 Å². The molecule has 1 aromatic rings. The summed E-state index contributed by atoms with van der Waals surface area (Å²) in [5.41, 5.74) is 0. The lowest BCUT2D eigenvalue weighted by atomic mass is 10.7. The average molecular weight is 206 g/mol. The van der Waals surface area contributed by atoms with E-state index in [0.717, 1.165) is 0 Å². The lowest BCUT2D eigenvalue weighted by Gasteiger charge is -1.91. The van der Waals surface area contributed by atoms with Crippen LogP contribution < -0.4 is 0 Å². The van der Waals surface area contributed by atoms with Gasteiger partial charge in [-0.3, -0.25) is 0 Å². The molecule has 0 atom stereocenters. The van der Waals surface area contributed by atoms with Gasteiger partial charge in [0.1, 0.15) is 0 Å². The van der Waals surface area contributed by atoms with E-state index in [4.69, 9.17) is 0 Å². The minimum atomic E-state index is -0.489. The minimum Gasteiger partial charge on any atom is -0.358 e. The van der Waals surface area contributed by atoms with Crippen LogP contribution in [-0.2, 0) is 7.05 Å². The zero-order chi connectivity index (χ0) is 7.72. The van der Waals surface area contributed by atoms with Gasteiger partial charge in [-0.15, -0.1) is 0 Å². The number of nitrogens with zero attached hydrogens (tertiary/aromatic N) is 3. The molecule has 0 saturated heterocycles. The summed E-state index contributed by atoms with van der Waals surface area (Å²) in [5.74, 6) is -0.0278. The van der Waals surface area contributed by atoms with E-state index < -0.39 is 4.92 Å². The zero-order valence-electron chi connectivity index (χ0n) is 5.11. The van der Waals surface area contributed by atoms with Gasteiger partial charge in [0.25, 0.3) is 0 Å². The summed E-state index contributed by atoms with van der Waals surface area (Å²) in [4.78, 5) is 13.4. The molecule has 6 heteroatoms. The van der Waals surface area contributed by atoms with Crippen molar-refractivity contribution in [1.82, 2.24) is 9.55 Å². The highest BCUT2D eigenvalue weighted by Crippen LogP contribution is 2.20. The summed E-state index contributed by atoms with van der Waals surface area (Å²) in [6, 6.07) is 0. The Labute approximate surface area is 65.0 Å². The van der Waals surface area contributed by atoms with Gasteiger partial charge in [-0.2, -0.15) is 0 Å². The molecule has 0 bridgehead atoms. The summed E-state index contributed by atoms with van der Waals surface area (Å²) in [7, 11) is 1.57. The summed E-state index contributed by atoms with van der Waals surface area (Å²) >= 11 is 2.94. The first-order chi connectivity index (χ1) is 4.63. The minimum absolute atomic E-state index is 0.0278. The van der Waals surface area contributed by atoms with Crippen molar-refractivity contribution in [1.29, 1.82) is 0 Å². The van der Waals surface area contributed by atoms with Crippen LogP contribution >= 0.6 is 15.9 Å². The Bertz CT molecular complexity index is 250. The number of aryl methyl sites for hydroxylation is 1. The second kappa shape index (κ2) is 2.37. The van der Waals surface area contributed by atoms with Crippen LogP contribution in [0.25, 0.3) is 0 Å². The van der Waals surface area contributed by atoms with Gasteiger partial charge in [0, 0.05) is 0 Å². The van der Waals surface area contributed by atoms with Gasteiger partial charge in [0.2, 0.25) is 4.60 Å². The molecule has 0 unspecified atom stereocenters. The molecule has 1 rings (SSSR count). The first kappa shape index (κ1) is 7.20. The van der Waals surface area contributed by atoms with E-state index in [0.29, 0.717) is 0 Å². The van der Waals surface area contributed by atoms with Crippen molar-refractivity contribution in [3.63, 3.8) is 0 Å². The Morgan fingerprint density at radius 2 is 2.50 bits per heavy atom. The largest absolute Gasteiger partial charge is 0.358 e. The maximum absolute atomic E-state index is 10.2. The Hall–Kier alpha value is -0.910. The number of rotatable bonds is 1. The summed E-state index contributed by atoms with van der Waals surface area (Å²) in [5, 5.41) is 10.2. The maximum atomic E-state index is 10.2. The van der Waals surface area contributed by atoms with Crippen LogP contribution in [0.15, 0.2) is 10.9 Å². The molecule has 0 aliphatic rings. The lowest BCUT2D eigenvalue weighted by molar-refractivity contribution is -0.392. The quantitative estimate of drug-likeness (QED) is 0.510. The van der Waals surface area contributed by atoms with Crippen molar-refractivity contribution < 1.29 is 4.92 Å². The fourth-order valence-electron chi connectivity index (χ4n) is 0.599. The van der Waals surface area contributed by atoms with Crippen LogP contribution in [0.3, 0.4) is 0 Å². The summed E-state index contributed by atoms with van der Waals surface area (Å²) in [6.45, 7) is 0. The van der Waals surface area contributed by atoms with E-state index in [1.165, 1.54) is 10.9 Å². The van der Waals surface area contributed by atoms with Gasteiger partial charge in [0.05, 0.1) is 7.05 Å². The third kappa shape index (κ3) is 1.02. The molecule has 0 saturated carbocycles. The number of imidazole rings is 1. The highest BCUT2D eigenvalue weighted by molar-refractivity contribution is 9.10. The number of hydrogen-bond donors (Lipinski definition) is 0. The smallest absolute Gasteiger partial charge is 0.357 e. The molecule has 0 aromatic carbocycles. The van der Waals surface area contributed by atoms with Crippen molar-refractivity contribution in [3.8, 4) is 0 Å². The van der Waals surface area contributed by atoms with E-state index in [2.05, 4.69) is 20.9 Å². The number of aromatic nitrogens is 2. The van der Waals surface area contributed by atoms with E-state index in [1.807, 2.05) is 0 Å². The van der Waals surface area contributed by atoms with E-state index in [-0.39, 0.29) is 10.4 Å². The average Bonchev–Trinajstić information content (AvgIpc) is 2.11. The molecule has 0 aliphatic heterocycles. The lowest BCUT2D eigenvalue weighted by Crippen LogP contribution is -1.95. The van der Waals surface area contributed by atoms with Gasteiger partial charge < -0.3 is 10.1 Å². The van der Waals surface area contributed by atoms with Gasteiger partial charge in [-0.05, 0) is 20.9 Å². The van der Waals surface area contributed by atoms with Crippen LogP contribution in [0, 0.1) is 10.1 Å². The van der Waals surface area contributed by atoms with Gasteiger partial charge >= 0.3 is 5.82 Å². The molecule has 0 fully saturated rings. The molecule has 1 aromatic heterocycles. The van der Waals surface area contributed by atoms with Crippen molar-refractivity contribution in [2.75, 3.05) is 0 Å². The fourth-order valence-corrected chi connectivity index (χ4v) is 1.12. The number of hydrogen-bond acceptors (Lipinski definition) is 3. The molecule has 0 aliphatic carbocycles. The fraction of sp³-hybridized carbons (Fsp3) is 0.250. The second-order valence-corrected chi connectivity index (χ2v) is 2.48. The SMILES string of the molecule is Cn1cnc(Br)c1[N+](=O)[O-]. The molecule has 10 heavy (non-hydrogen) atoms. The van der Waals surface area contributed by atoms with Crippen LogP contribution in [0.5, 0.6) is 0 Å². The van der Waals surface area contributed by atoms with Gasteiger partial charge in [0.15, 0.2) is 6.33 Å². The van der Waals surface area contributed by atoms with Gasteiger partial charge in [-0.1, -0.05) is 0 Å². The van der Waals surface area contributed by atoms with Crippen LogP contribution in [0.2, 0.25) is 0 Å². The van der Waals surface area contributed by atoms with E-state index in [1.54, 1.807) is 7.05 Å². The standard InChI is InChI=1S/C4H4BrN3O2/c1-7-2-6-3(5)4(7)8(9)10/h2H,1H3. The first-order valence-corrected chi connectivity index (χ1v) is 3.23. The second-order valence-electron chi connectivity index (χ2n) is 1.73. The monoisotopic (exact) mass is 205 g/mol. The van der Waals surface area contributed by atoms with E-state index in [9.17, 15) is 10.1 Å². The molecule has 0 spiro atoms. The number of nitro groups is 1. The number of halogens is 1. The highest BCUT2D eigenvalue weighted by Gasteiger charge is 2.15. The van der Waals surface area contributed by atoms with Gasteiger partial charge in [-0.25, -0.2) is 9.55 Å². The van der Waals surface area contributed by atoms with E-state index >= 15 is 0 Å². The maximum Gasteiger partial charge on any atom is 0.357 e. The summed E-state index contributed by atoms with van der Waals surface area (Å²) < 4.78 is 1.60. The van der Waals surface area contributed by atoms with Crippen LogP contribution in [0.4, 0.5) is 5.82 Å². The van der Waals surface area contributed by atoms with Crippen molar-refractivity contribution in [3.05, 3.63) is 21.0 Å². The van der Waals surface area contributed by atoms with Crippen LogP contribution in [0.1, 0.15) is 0 Å². The molecule has 54 valence electrons. The normalized spacial score (nSPS) is 9.80. The summed E-state index contributed by atoms with van der Waals surface area (Å²) in [6.07, 6.45) is 1.38. The molecule has 0 N–H and O–H groups in total. The molecule has 5 nitrogen and oxygen atoms in total. The third-order valence-corrected chi connectivity index (χ3v) is 1.60. The Morgan fingerprint density at radius 3 is 2.70 bits per heavy atom. The predicted octanol–water partition coefficient (Wildman–Crippen LogP) is 1.09. The zero-order valence-corrected chi connectivity index (χ0v) is 6.70. The van der Waals surface area contributed by atoms with Crippen molar-refractivity contribution >= 4 is 21.7 Å². The Morgan fingerprint density at radius 1 is 1.90 bits per heavy atom. The highest BCUT2D eigenvalue weighted by atomic mass is 79.9. The Kier molecular flexibility index (Phi) is 1.71. The molecule has 1 heterocycles. The van der Waals surface area contributed by atoms with Crippen molar-refractivity contribution in [2.45, 2.75) is 0 Å². The van der Waals surface area contributed by atoms with Crippen molar-refractivity contribution in [2.24, 2.45) is 7.05 Å². The predicted molar refractivity (Wildman–Crippen MR) is 37.6 cm³/mol. The topological polar surface area (TPSA) is 61.0 Å².